The fourth-order valence-corrected chi connectivity index (χ4v) is 4.28. The van der Waals surface area contributed by atoms with Crippen molar-refractivity contribution in [3.63, 3.8) is 0 Å². The zero-order valence-corrected chi connectivity index (χ0v) is 16.9. The average molecular weight is 414 g/mol. The van der Waals surface area contributed by atoms with Gasteiger partial charge in [0.2, 0.25) is 0 Å². The highest BCUT2D eigenvalue weighted by atomic mass is 35.5. The minimum absolute atomic E-state index is 0. The second kappa shape index (κ2) is 9.19. The van der Waals surface area contributed by atoms with Crippen molar-refractivity contribution in [3.05, 3.63) is 72.2 Å². The van der Waals surface area contributed by atoms with Gasteiger partial charge >= 0.3 is 0 Å². The van der Waals surface area contributed by atoms with Gasteiger partial charge in [0.15, 0.2) is 0 Å². The van der Waals surface area contributed by atoms with Gasteiger partial charge in [-0.1, -0.05) is 30.3 Å². The Labute approximate surface area is 166 Å². The van der Waals surface area contributed by atoms with E-state index in [1.54, 1.807) is 18.3 Å². The van der Waals surface area contributed by atoms with Crippen LogP contribution >= 0.6 is 24.8 Å². The number of aromatic nitrogens is 2. The molecular formula is C18H21Cl2N3O2S. The molecule has 0 bridgehead atoms. The molecule has 0 atom stereocenters. The van der Waals surface area contributed by atoms with Crippen molar-refractivity contribution in [1.29, 1.82) is 0 Å². The predicted octanol–water partition coefficient (Wildman–Crippen LogP) is 3.66. The lowest BCUT2D eigenvalue weighted by Crippen LogP contribution is -2.16. The molecule has 0 aliphatic heterocycles. The predicted molar refractivity (Wildman–Crippen MR) is 109 cm³/mol. The highest BCUT2D eigenvalue weighted by molar-refractivity contribution is 7.90. The summed E-state index contributed by atoms with van der Waals surface area (Å²) < 4.78 is 27.7. The molecule has 0 amide bonds. The van der Waals surface area contributed by atoms with Gasteiger partial charge < -0.3 is 5.32 Å². The summed E-state index contributed by atoms with van der Waals surface area (Å²) in [6, 6.07) is 14.6. The van der Waals surface area contributed by atoms with Crippen molar-refractivity contribution in [2.24, 2.45) is 0 Å². The molecule has 0 unspecified atom stereocenters. The normalized spacial score (nSPS) is 10.7. The van der Waals surface area contributed by atoms with Crippen LogP contribution in [-0.2, 0) is 16.6 Å². The first-order chi connectivity index (χ1) is 11.6. The van der Waals surface area contributed by atoms with Gasteiger partial charge in [-0.15, -0.1) is 24.8 Å². The van der Waals surface area contributed by atoms with Gasteiger partial charge in [0.25, 0.3) is 10.0 Å². The van der Waals surface area contributed by atoms with Gasteiger partial charge in [-0.05, 0) is 43.3 Å². The van der Waals surface area contributed by atoms with Crippen LogP contribution in [0, 0.1) is 6.92 Å². The molecule has 26 heavy (non-hydrogen) atoms. The summed E-state index contributed by atoms with van der Waals surface area (Å²) in [6.07, 6.45) is 2.94. The highest BCUT2D eigenvalue weighted by Crippen LogP contribution is 2.30. The van der Waals surface area contributed by atoms with E-state index >= 15 is 0 Å². The lowest BCUT2D eigenvalue weighted by Gasteiger charge is -2.13. The second-order valence-electron chi connectivity index (χ2n) is 5.49. The monoisotopic (exact) mass is 413 g/mol. The summed E-state index contributed by atoms with van der Waals surface area (Å²) in [4.78, 5) is 4.12. The van der Waals surface area contributed by atoms with Crippen LogP contribution in [0.2, 0.25) is 0 Å². The standard InChI is InChI=1S/C18H19N3O2S.2ClH/c1-14-16(12-19-2)11-18(15-7-4-3-5-8-15)21(14)24(22,23)17-9-6-10-20-13-17;;/h3-11,13,19H,12H2,1-2H3;2*1H. The number of rotatable bonds is 5. The lowest BCUT2D eigenvalue weighted by molar-refractivity contribution is 0.586. The van der Waals surface area contributed by atoms with Gasteiger partial charge in [-0.2, -0.15) is 0 Å². The number of nitrogens with zero attached hydrogens (tertiary/aromatic N) is 2. The third-order valence-electron chi connectivity index (χ3n) is 3.91. The Hall–Kier alpha value is -1.86. The van der Waals surface area contributed by atoms with E-state index in [2.05, 4.69) is 10.3 Å². The summed E-state index contributed by atoms with van der Waals surface area (Å²) >= 11 is 0. The maximum absolute atomic E-state index is 13.2. The summed E-state index contributed by atoms with van der Waals surface area (Å²) in [7, 11) is -1.88. The number of hydrogen-bond donors (Lipinski definition) is 1. The molecule has 8 heteroatoms. The maximum atomic E-state index is 13.2. The molecule has 0 saturated heterocycles. The van der Waals surface area contributed by atoms with Crippen LogP contribution in [0.3, 0.4) is 0 Å². The first-order valence-electron chi connectivity index (χ1n) is 7.62. The van der Waals surface area contributed by atoms with Crippen molar-refractivity contribution in [2.45, 2.75) is 18.4 Å². The number of halogens is 2. The summed E-state index contributed by atoms with van der Waals surface area (Å²) in [6.45, 7) is 2.42. The molecule has 0 saturated carbocycles. The first-order valence-corrected chi connectivity index (χ1v) is 9.06. The van der Waals surface area contributed by atoms with Gasteiger partial charge in [-0.25, -0.2) is 12.4 Å². The number of pyridine rings is 1. The molecule has 0 aliphatic carbocycles. The van der Waals surface area contributed by atoms with E-state index in [1.165, 1.54) is 10.2 Å². The Morgan fingerprint density at radius 1 is 1.08 bits per heavy atom. The van der Waals surface area contributed by atoms with Crippen molar-refractivity contribution in [2.75, 3.05) is 7.05 Å². The number of benzene rings is 1. The van der Waals surface area contributed by atoms with Crippen LogP contribution < -0.4 is 5.32 Å². The Morgan fingerprint density at radius 2 is 1.77 bits per heavy atom. The van der Waals surface area contributed by atoms with Crippen LogP contribution in [0.25, 0.3) is 11.3 Å². The minimum Gasteiger partial charge on any atom is -0.316 e. The molecule has 3 rings (SSSR count). The zero-order chi connectivity index (χ0) is 17.2. The van der Waals surface area contributed by atoms with Crippen LogP contribution in [0.15, 0.2) is 65.8 Å². The van der Waals surface area contributed by atoms with Crippen molar-refractivity contribution in [3.8, 4) is 11.3 Å². The van der Waals surface area contributed by atoms with E-state index < -0.39 is 10.0 Å². The van der Waals surface area contributed by atoms with E-state index in [9.17, 15) is 8.42 Å². The Bertz CT molecular complexity index is 943. The second-order valence-corrected chi connectivity index (χ2v) is 7.28. The molecule has 1 aromatic carbocycles. The van der Waals surface area contributed by atoms with Crippen molar-refractivity contribution < 1.29 is 8.42 Å². The molecule has 5 nitrogen and oxygen atoms in total. The third kappa shape index (κ3) is 4.10. The average Bonchev–Trinajstić information content (AvgIpc) is 2.94. The summed E-state index contributed by atoms with van der Waals surface area (Å²) in [5.41, 5.74) is 3.16. The molecule has 140 valence electrons. The summed E-state index contributed by atoms with van der Waals surface area (Å²) in [5, 5.41) is 3.09. The van der Waals surface area contributed by atoms with E-state index in [4.69, 9.17) is 0 Å². The highest BCUT2D eigenvalue weighted by Gasteiger charge is 2.25. The van der Waals surface area contributed by atoms with Gasteiger partial charge in [0.05, 0.1) is 5.69 Å². The fraction of sp³-hybridized carbons (Fsp3) is 0.167. The number of hydrogen-bond acceptors (Lipinski definition) is 4. The van der Waals surface area contributed by atoms with Gasteiger partial charge in [0.1, 0.15) is 4.90 Å². The topological polar surface area (TPSA) is 64.0 Å². The smallest absolute Gasteiger partial charge is 0.269 e. The SMILES string of the molecule is CNCc1cc(-c2ccccc2)n(S(=O)(=O)c2cccnc2)c1C.Cl.Cl. The fourth-order valence-electron chi connectivity index (χ4n) is 2.73. The van der Waals surface area contributed by atoms with Crippen molar-refractivity contribution in [1.82, 2.24) is 14.3 Å². The lowest BCUT2D eigenvalue weighted by atomic mass is 10.1. The summed E-state index contributed by atoms with van der Waals surface area (Å²) in [5.74, 6) is 0. The molecule has 0 fully saturated rings. The van der Waals surface area contributed by atoms with Crippen LogP contribution in [0.4, 0.5) is 0 Å². The zero-order valence-electron chi connectivity index (χ0n) is 14.4. The largest absolute Gasteiger partial charge is 0.316 e. The molecule has 0 spiro atoms. The van der Waals surface area contributed by atoms with Crippen molar-refractivity contribution >= 4 is 34.8 Å². The van der Waals surface area contributed by atoms with Crippen LogP contribution in [-0.4, -0.2) is 24.4 Å². The quantitative estimate of drug-likeness (QED) is 0.692. The Morgan fingerprint density at radius 3 is 2.35 bits per heavy atom. The van der Waals surface area contributed by atoms with E-state index in [-0.39, 0.29) is 29.7 Å². The van der Waals surface area contributed by atoms with Crippen LogP contribution in [0.1, 0.15) is 11.3 Å². The van der Waals surface area contributed by atoms with E-state index in [0.717, 1.165) is 11.1 Å². The molecule has 0 radical (unpaired) electrons. The molecule has 0 aliphatic rings. The number of nitrogens with one attached hydrogen (secondary N) is 1. The van der Waals surface area contributed by atoms with Gasteiger partial charge in [0, 0.05) is 24.6 Å². The molecule has 2 aromatic heterocycles. The maximum Gasteiger partial charge on any atom is 0.269 e. The third-order valence-corrected chi connectivity index (χ3v) is 5.70. The molecule has 2 heterocycles. The molecule has 1 N–H and O–H groups in total. The Balaban J connectivity index is 0.00000169. The molecular weight excluding hydrogens is 393 g/mol. The van der Waals surface area contributed by atoms with E-state index in [1.807, 2.05) is 50.4 Å². The van der Waals surface area contributed by atoms with E-state index in [0.29, 0.717) is 17.9 Å². The minimum atomic E-state index is -3.72. The first kappa shape index (κ1) is 22.2. The van der Waals surface area contributed by atoms with Gasteiger partial charge in [-0.3, -0.25) is 4.98 Å². The molecule has 3 aromatic rings. The van der Waals surface area contributed by atoms with Crippen LogP contribution in [0.5, 0.6) is 0 Å². The Kier molecular flexibility index (Phi) is 7.84.